The Kier molecular flexibility index (Phi) is 4.79. The number of ether oxygens (including phenoxy) is 1. The van der Waals surface area contributed by atoms with Crippen LogP contribution in [0.1, 0.15) is 12.6 Å². The fourth-order valence-corrected chi connectivity index (χ4v) is 2.79. The number of hydrogen-bond acceptors (Lipinski definition) is 4. The maximum atomic E-state index is 10.9. The Bertz CT molecular complexity index is 603. The van der Waals surface area contributed by atoms with E-state index in [2.05, 4.69) is 26.2 Å². The molecule has 4 nitrogen and oxygen atoms in total. The van der Waals surface area contributed by atoms with Gasteiger partial charge in [-0.15, -0.1) is 11.3 Å². The fraction of sp³-hybridized carbons (Fsp3) is 0.167. The van der Waals surface area contributed by atoms with Crippen LogP contribution in [0.15, 0.2) is 28.1 Å². The third-order valence-electron chi connectivity index (χ3n) is 2.10. The van der Waals surface area contributed by atoms with Crippen LogP contribution in [0.5, 0.6) is 5.75 Å². The van der Waals surface area contributed by atoms with Gasteiger partial charge in [-0.3, -0.25) is 4.79 Å². The summed E-state index contributed by atoms with van der Waals surface area (Å²) < 4.78 is 6.47. The summed E-state index contributed by atoms with van der Waals surface area (Å²) in [6.45, 7) is 1.75. The summed E-state index contributed by atoms with van der Waals surface area (Å²) in [7, 11) is 0. The summed E-state index contributed by atoms with van der Waals surface area (Å²) in [5.74, 6) is 0.455. The second kappa shape index (κ2) is 6.36. The third-order valence-corrected chi connectivity index (χ3v) is 3.70. The normalized spacial score (nSPS) is 10.3. The van der Waals surface area contributed by atoms with E-state index in [0.717, 1.165) is 10.2 Å². The lowest BCUT2D eigenvalue weighted by molar-refractivity contribution is -0.114. The van der Waals surface area contributed by atoms with Gasteiger partial charge < -0.3 is 10.1 Å². The monoisotopic (exact) mass is 360 g/mol. The highest BCUT2D eigenvalue weighted by atomic mass is 79.9. The lowest BCUT2D eigenvalue weighted by Crippen LogP contribution is -2.05. The number of thiazole rings is 1. The molecule has 2 rings (SSSR count). The number of carbonyl (C=O) groups is 1. The Morgan fingerprint density at radius 3 is 3.05 bits per heavy atom. The molecule has 0 unspecified atom stereocenters. The van der Waals surface area contributed by atoms with Gasteiger partial charge in [-0.2, -0.15) is 0 Å². The van der Waals surface area contributed by atoms with E-state index in [-0.39, 0.29) is 5.91 Å². The number of aromatic nitrogens is 1. The number of nitrogens with zero attached hydrogens (tertiary/aromatic N) is 1. The summed E-state index contributed by atoms with van der Waals surface area (Å²) in [6.07, 6.45) is 0. The zero-order valence-corrected chi connectivity index (χ0v) is 13.1. The first-order chi connectivity index (χ1) is 9.04. The molecule has 1 aromatic heterocycles. The standard InChI is InChI=1S/C12H10BrClN2O2S/c1-7(17)15-12-16-9(6-19-12)5-18-11-3-2-8(13)4-10(11)14/h2-4,6H,5H2,1H3,(H,15,16,17). The van der Waals surface area contributed by atoms with Gasteiger partial charge in [0.05, 0.1) is 10.7 Å². The number of hydrogen-bond donors (Lipinski definition) is 1. The second-order valence-electron chi connectivity index (χ2n) is 3.69. The van der Waals surface area contributed by atoms with Crippen LogP contribution in [-0.4, -0.2) is 10.9 Å². The molecule has 1 aromatic carbocycles. The molecule has 19 heavy (non-hydrogen) atoms. The number of carbonyl (C=O) groups excluding carboxylic acids is 1. The van der Waals surface area contributed by atoms with E-state index in [4.69, 9.17) is 16.3 Å². The van der Waals surface area contributed by atoms with Crippen molar-refractivity contribution in [1.82, 2.24) is 4.98 Å². The van der Waals surface area contributed by atoms with Crippen LogP contribution in [0.3, 0.4) is 0 Å². The van der Waals surface area contributed by atoms with Crippen LogP contribution in [0.4, 0.5) is 5.13 Å². The smallest absolute Gasteiger partial charge is 0.223 e. The molecule has 100 valence electrons. The first-order valence-corrected chi connectivity index (χ1v) is 7.39. The molecule has 0 atom stereocenters. The molecule has 7 heteroatoms. The first-order valence-electron chi connectivity index (χ1n) is 5.34. The Labute approximate surface area is 127 Å². The topological polar surface area (TPSA) is 51.2 Å². The van der Waals surface area contributed by atoms with E-state index in [1.807, 2.05) is 11.4 Å². The number of rotatable bonds is 4. The summed E-state index contributed by atoms with van der Waals surface area (Å²) in [6, 6.07) is 5.40. The lowest BCUT2D eigenvalue weighted by atomic mass is 10.3. The number of amides is 1. The van der Waals surface area contributed by atoms with Crippen molar-refractivity contribution in [3.63, 3.8) is 0 Å². The lowest BCUT2D eigenvalue weighted by Gasteiger charge is -2.06. The zero-order chi connectivity index (χ0) is 13.8. The fourth-order valence-electron chi connectivity index (χ4n) is 1.33. The van der Waals surface area contributed by atoms with Gasteiger partial charge in [0.25, 0.3) is 0 Å². The summed E-state index contributed by atoms with van der Waals surface area (Å²) >= 11 is 10.7. The van der Waals surface area contributed by atoms with E-state index >= 15 is 0 Å². The molecule has 0 spiro atoms. The summed E-state index contributed by atoms with van der Waals surface area (Å²) in [5, 5.41) is 5.55. The largest absolute Gasteiger partial charge is 0.486 e. The first kappa shape index (κ1) is 14.3. The van der Waals surface area contributed by atoms with Crippen molar-refractivity contribution < 1.29 is 9.53 Å². The molecule has 1 amide bonds. The number of anilines is 1. The molecule has 1 N–H and O–H groups in total. The minimum Gasteiger partial charge on any atom is -0.486 e. The van der Waals surface area contributed by atoms with Crippen molar-refractivity contribution in [2.45, 2.75) is 13.5 Å². The van der Waals surface area contributed by atoms with E-state index in [9.17, 15) is 4.79 Å². The van der Waals surface area contributed by atoms with Crippen molar-refractivity contribution in [3.8, 4) is 5.75 Å². The quantitative estimate of drug-likeness (QED) is 0.892. The Morgan fingerprint density at radius 2 is 2.37 bits per heavy atom. The molecule has 2 aromatic rings. The Morgan fingerprint density at radius 1 is 1.58 bits per heavy atom. The molecule has 0 bridgehead atoms. The van der Waals surface area contributed by atoms with Crippen LogP contribution >= 0.6 is 38.9 Å². The van der Waals surface area contributed by atoms with E-state index in [1.54, 1.807) is 12.1 Å². The highest BCUT2D eigenvalue weighted by molar-refractivity contribution is 9.10. The van der Waals surface area contributed by atoms with Crippen LogP contribution in [0.25, 0.3) is 0 Å². The summed E-state index contributed by atoms with van der Waals surface area (Å²) in [4.78, 5) is 15.1. The highest BCUT2D eigenvalue weighted by Gasteiger charge is 2.06. The maximum Gasteiger partial charge on any atom is 0.223 e. The van der Waals surface area contributed by atoms with Gasteiger partial charge in [0, 0.05) is 16.8 Å². The van der Waals surface area contributed by atoms with Gasteiger partial charge in [-0.05, 0) is 18.2 Å². The van der Waals surface area contributed by atoms with Gasteiger partial charge >= 0.3 is 0 Å². The molecular weight excluding hydrogens is 352 g/mol. The van der Waals surface area contributed by atoms with Crippen LogP contribution in [0, 0.1) is 0 Å². The minimum atomic E-state index is -0.141. The van der Waals surface area contributed by atoms with Gasteiger partial charge in [-0.1, -0.05) is 27.5 Å². The molecule has 0 aliphatic rings. The molecule has 0 saturated heterocycles. The molecular formula is C12H10BrClN2O2S. The van der Waals surface area contributed by atoms with Gasteiger partial charge in [0.15, 0.2) is 5.13 Å². The van der Waals surface area contributed by atoms with Crippen LogP contribution < -0.4 is 10.1 Å². The van der Waals surface area contributed by atoms with Crippen molar-refractivity contribution in [3.05, 3.63) is 38.8 Å². The molecule has 0 radical (unpaired) electrons. The Hall–Kier alpha value is -1.11. The SMILES string of the molecule is CC(=O)Nc1nc(COc2ccc(Br)cc2Cl)cs1. The third kappa shape index (κ3) is 4.19. The van der Waals surface area contributed by atoms with Gasteiger partial charge in [-0.25, -0.2) is 4.98 Å². The Balaban J connectivity index is 1.98. The molecule has 0 aliphatic heterocycles. The molecule has 0 saturated carbocycles. The van der Waals surface area contributed by atoms with Crippen LogP contribution in [-0.2, 0) is 11.4 Å². The van der Waals surface area contributed by atoms with E-state index < -0.39 is 0 Å². The molecule has 1 heterocycles. The zero-order valence-electron chi connectivity index (χ0n) is 9.94. The van der Waals surface area contributed by atoms with Crippen LogP contribution in [0.2, 0.25) is 5.02 Å². The average molecular weight is 362 g/mol. The van der Waals surface area contributed by atoms with Gasteiger partial charge in [0.2, 0.25) is 5.91 Å². The minimum absolute atomic E-state index is 0.141. The molecule has 0 fully saturated rings. The predicted molar refractivity (Wildman–Crippen MR) is 79.9 cm³/mol. The predicted octanol–water partition coefficient (Wildman–Crippen LogP) is 4.10. The maximum absolute atomic E-state index is 10.9. The summed E-state index contributed by atoms with van der Waals surface area (Å²) in [5.41, 5.74) is 0.743. The second-order valence-corrected chi connectivity index (χ2v) is 5.87. The highest BCUT2D eigenvalue weighted by Crippen LogP contribution is 2.28. The van der Waals surface area contributed by atoms with E-state index in [0.29, 0.717) is 22.5 Å². The van der Waals surface area contributed by atoms with Gasteiger partial charge in [0.1, 0.15) is 12.4 Å². The van der Waals surface area contributed by atoms with Crippen molar-refractivity contribution in [2.24, 2.45) is 0 Å². The van der Waals surface area contributed by atoms with Crippen molar-refractivity contribution in [1.29, 1.82) is 0 Å². The number of nitrogens with one attached hydrogen (secondary N) is 1. The van der Waals surface area contributed by atoms with Crippen molar-refractivity contribution in [2.75, 3.05) is 5.32 Å². The van der Waals surface area contributed by atoms with Crippen molar-refractivity contribution >= 4 is 49.9 Å². The van der Waals surface area contributed by atoms with E-state index in [1.165, 1.54) is 18.3 Å². The average Bonchev–Trinajstić information content (AvgIpc) is 2.74. The number of halogens is 2. The molecule has 0 aliphatic carbocycles. The number of benzene rings is 1.